The first-order chi connectivity index (χ1) is 18.2. The molecule has 1 atom stereocenters. The van der Waals surface area contributed by atoms with Gasteiger partial charge in [0.25, 0.3) is 0 Å². The molecular weight excluding hydrogens is 532 g/mol. The molecule has 0 radical (unpaired) electrons. The molecule has 1 aromatic heterocycles. The number of carbonyl (C=O) groups excluding carboxylic acids is 1. The van der Waals surface area contributed by atoms with Gasteiger partial charge in [-0.15, -0.1) is 11.8 Å². The number of carboxylic acid groups (broad SMARTS) is 1. The monoisotopic (exact) mass is 570 g/mol. The van der Waals surface area contributed by atoms with Crippen LogP contribution in [0.15, 0.2) is 47.4 Å². The van der Waals surface area contributed by atoms with Crippen molar-refractivity contribution in [1.82, 2.24) is 9.47 Å². The lowest BCUT2D eigenvalue weighted by Gasteiger charge is -2.24. The zero-order chi connectivity index (χ0) is 28.5. The van der Waals surface area contributed by atoms with E-state index >= 15 is 0 Å². The number of ether oxygens (including phenoxy) is 1. The predicted octanol–water partition coefficient (Wildman–Crippen LogP) is 7.28. The number of benzene rings is 2. The Morgan fingerprint density at radius 3 is 2.41 bits per heavy atom. The maximum atomic E-state index is 12.2. The van der Waals surface area contributed by atoms with E-state index in [2.05, 4.69) is 37.5 Å². The van der Waals surface area contributed by atoms with Gasteiger partial charge in [-0.05, 0) is 62.6 Å². The minimum absolute atomic E-state index is 0.0862. The summed E-state index contributed by atoms with van der Waals surface area (Å²) in [5, 5.41) is 11.7. The van der Waals surface area contributed by atoms with Crippen LogP contribution in [0.4, 0.5) is 0 Å². The normalized spacial score (nSPS) is 16.2. The number of aliphatic carboxylic acids is 1. The Bertz CT molecular complexity index is 1360. The number of likely N-dealkylation sites (tertiary alicyclic amines) is 1. The second kappa shape index (κ2) is 11.5. The average Bonchev–Trinajstić information content (AvgIpc) is 3.42. The summed E-state index contributed by atoms with van der Waals surface area (Å²) in [6, 6.07) is 14.0. The molecule has 1 saturated heterocycles. The maximum Gasteiger partial charge on any atom is 0.309 e. The van der Waals surface area contributed by atoms with Crippen LogP contribution in [0.2, 0.25) is 5.02 Å². The van der Waals surface area contributed by atoms with E-state index in [4.69, 9.17) is 16.3 Å². The lowest BCUT2D eigenvalue weighted by Crippen LogP contribution is -2.37. The third-order valence-electron chi connectivity index (χ3n) is 7.17. The minimum atomic E-state index is -0.947. The maximum absolute atomic E-state index is 12.2. The molecule has 8 heteroatoms. The van der Waals surface area contributed by atoms with Crippen LogP contribution in [0, 0.1) is 5.41 Å². The van der Waals surface area contributed by atoms with Crippen LogP contribution in [0.25, 0.3) is 10.9 Å². The van der Waals surface area contributed by atoms with E-state index in [0.717, 1.165) is 52.2 Å². The summed E-state index contributed by atoms with van der Waals surface area (Å²) in [5.41, 5.74) is 2.18. The van der Waals surface area contributed by atoms with Crippen molar-refractivity contribution < 1.29 is 19.4 Å². The molecule has 3 aromatic rings. The highest BCUT2D eigenvalue weighted by atomic mass is 35.5. The Labute approximate surface area is 240 Å². The molecule has 2 heterocycles. The highest BCUT2D eigenvalue weighted by molar-refractivity contribution is 8.00. The van der Waals surface area contributed by atoms with Crippen LogP contribution in [-0.2, 0) is 22.6 Å². The summed E-state index contributed by atoms with van der Waals surface area (Å²) < 4.78 is 8.41. The molecule has 0 saturated carbocycles. The number of carboxylic acids is 1. The molecule has 1 aliphatic heterocycles. The molecule has 39 heavy (non-hydrogen) atoms. The number of halogens is 1. The average molecular weight is 571 g/mol. The molecule has 1 amide bonds. The smallest absolute Gasteiger partial charge is 0.309 e. The molecule has 4 rings (SSSR count). The van der Waals surface area contributed by atoms with E-state index in [1.165, 1.54) is 0 Å². The van der Waals surface area contributed by atoms with Crippen molar-refractivity contribution in [3.05, 3.63) is 58.7 Å². The number of nitrogens with zero attached hydrogens (tertiary/aromatic N) is 2. The number of hydrogen-bond donors (Lipinski definition) is 1. The van der Waals surface area contributed by atoms with E-state index in [0.29, 0.717) is 24.6 Å². The van der Waals surface area contributed by atoms with Gasteiger partial charge >= 0.3 is 5.97 Å². The number of thioether (sulfide) groups is 1. The summed E-state index contributed by atoms with van der Waals surface area (Å²) in [4.78, 5) is 27.2. The Morgan fingerprint density at radius 2 is 1.79 bits per heavy atom. The molecule has 0 bridgehead atoms. The predicted molar refractivity (Wildman–Crippen MR) is 159 cm³/mol. The molecule has 0 aliphatic carbocycles. The fraction of sp³-hybridized carbons (Fsp3) is 0.484. The highest BCUT2D eigenvalue weighted by Gasteiger charge is 2.33. The second-order valence-electron chi connectivity index (χ2n) is 12.1. The lowest BCUT2D eigenvalue weighted by molar-refractivity contribution is -0.146. The van der Waals surface area contributed by atoms with Crippen molar-refractivity contribution in [2.45, 2.75) is 83.0 Å². The first-order valence-electron chi connectivity index (χ1n) is 13.5. The number of hydrogen-bond acceptors (Lipinski definition) is 4. The fourth-order valence-corrected chi connectivity index (χ4v) is 6.42. The molecule has 210 valence electrons. The van der Waals surface area contributed by atoms with Crippen molar-refractivity contribution in [2.75, 3.05) is 13.2 Å². The second-order valence-corrected chi connectivity index (χ2v) is 14.3. The zero-order valence-electron chi connectivity index (χ0n) is 23.7. The summed E-state index contributed by atoms with van der Waals surface area (Å²) in [6.07, 6.45) is 2.32. The van der Waals surface area contributed by atoms with Crippen molar-refractivity contribution in [2.24, 2.45) is 5.41 Å². The van der Waals surface area contributed by atoms with Gasteiger partial charge in [0.15, 0.2) is 0 Å². The molecule has 1 fully saturated rings. The van der Waals surface area contributed by atoms with Gasteiger partial charge in [0.1, 0.15) is 12.4 Å². The number of fused-ring (bicyclic) bond motifs is 1. The molecule has 2 aromatic carbocycles. The number of carbonyl (C=O) groups is 2. The quantitative estimate of drug-likeness (QED) is 0.274. The van der Waals surface area contributed by atoms with E-state index in [1.807, 2.05) is 35.2 Å². The Balaban J connectivity index is 1.80. The van der Waals surface area contributed by atoms with Gasteiger partial charge in [0.05, 0.1) is 11.5 Å². The Morgan fingerprint density at radius 1 is 1.10 bits per heavy atom. The van der Waals surface area contributed by atoms with Crippen molar-refractivity contribution in [3.63, 3.8) is 0 Å². The zero-order valence-corrected chi connectivity index (χ0v) is 25.3. The first-order valence-corrected chi connectivity index (χ1v) is 14.7. The number of amides is 1. The van der Waals surface area contributed by atoms with Gasteiger partial charge in [-0.1, -0.05) is 44.5 Å². The van der Waals surface area contributed by atoms with Gasteiger partial charge in [0, 0.05) is 57.7 Å². The number of aromatic nitrogens is 1. The summed E-state index contributed by atoms with van der Waals surface area (Å²) in [7, 11) is 0. The van der Waals surface area contributed by atoms with E-state index < -0.39 is 11.4 Å². The van der Waals surface area contributed by atoms with E-state index in [1.54, 1.807) is 32.5 Å². The van der Waals surface area contributed by atoms with Gasteiger partial charge in [0.2, 0.25) is 5.91 Å². The standard InChI is InChI=1S/C31H39ClN2O4S/c1-20(35)33-15-7-8-23(33)19-38-24-13-14-26-25(16-24)28(39-30(2,3)4)27(17-31(5,6)29(36)37)34(26)18-21-9-11-22(32)12-10-21/h9-14,16,23H,7-8,15,17-19H2,1-6H3,(H,36,37)/t23-/m0/s1. The van der Waals surface area contributed by atoms with Crippen LogP contribution in [-0.4, -0.2) is 50.4 Å². The molecule has 0 unspecified atom stereocenters. The van der Waals surface area contributed by atoms with Crippen LogP contribution in [0.5, 0.6) is 5.75 Å². The van der Waals surface area contributed by atoms with Crippen LogP contribution in [0.1, 0.15) is 65.6 Å². The van der Waals surface area contributed by atoms with Gasteiger partial charge < -0.3 is 19.3 Å². The summed E-state index contributed by atoms with van der Waals surface area (Å²) >= 11 is 7.91. The third kappa shape index (κ3) is 6.93. The topological polar surface area (TPSA) is 71.8 Å². The molecule has 1 aliphatic rings. The Hall–Kier alpha value is -2.64. The largest absolute Gasteiger partial charge is 0.491 e. The van der Waals surface area contributed by atoms with Gasteiger partial charge in [-0.2, -0.15) is 0 Å². The molecule has 6 nitrogen and oxygen atoms in total. The van der Waals surface area contributed by atoms with Crippen LogP contribution < -0.4 is 4.74 Å². The summed E-state index contributed by atoms with van der Waals surface area (Å²) in [6.45, 7) is 13.5. The molecular formula is C31H39ClN2O4S. The van der Waals surface area contributed by atoms with E-state index in [-0.39, 0.29) is 16.7 Å². The van der Waals surface area contributed by atoms with Gasteiger partial charge in [-0.3, -0.25) is 9.59 Å². The Kier molecular flexibility index (Phi) is 8.62. The lowest BCUT2D eigenvalue weighted by atomic mass is 9.88. The SMILES string of the molecule is CC(=O)N1CCC[C@H]1COc1ccc2c(c1)c(SC(C)(C)C)c(CC(C)(C)C(=O)O)n2Cc1ccc(Cl)cc1. The molecule has 0 spiro atoms. The first kappa shape index (κ1) is 29.3. The minimum Gasteiger partial charge on any atom is -0.491 e. The summed E-state index contributed by atoms with van der Waals surface area (Å²) in [5.74, 6) is 0.0137. The van der Waals surface area contributed by atoms with E-state index in [9.17, 15) is 14.7 Å². The van der Waals surface area contributed by atoms with Crippen LogP contribution >= 0.6 is 23.4 Å². The highest BCUT2D eigenvalue weighted by Crippen LogP contribution is 2.44. The number of rotatable bonds is 9. The van der Waals surface area contributed by atoms with Gasteiger partial charge in [-0.25, -0.2) is 0 Å². The third-order valence-corrected chi connectivity index (χ3v) is 8.69. The molecule has 1 N–H and O–H groups in total. The van der Waals surface area contributed by atoms with Crippen molar-refractivity contribution in [1.29, 1.82) is 0 Å². The van der Waals surface area contributed by atoms with Crippen LogP contribution in [0.3, 0.4) is 0 Å². The van der Waals surface area contributed by atoms with Crippen molar-refractivity contribution in [3.8, 4) is 5.75 Å². The van der Waals surface area contributed by atoms with Crippen molar-refractivity contribution >= 4 is 46.1 Å². The fourth-order valence-electron chi connectivity index (χ4n) is 5.10.